The van der Waals surface area contributed by atoms with Gasteiger partial charge >= 0.3 is 18.2 Å². The summed E-state index contributed by atoms with van der Waals surface area (Å²) >= 11 is 0. The Balaban J connectivity index is 0.00000963. The number of methoxy groups -OCH3 is 2. The molecule has 72 heavy (non-hydrogen) atoms. The first-order chi connectivity index (χ1) is 33.4. The Morgan fingerprint density at radius 3 is 2.28 bits per heavy atom. The fraction of sp³-hybridized carbons (Fsp3) is 0.808. The van der Waals surface area contributed by atoms with Gasteiger partial charge in [-0.1, -0.05) is 35.1 Å². The number of ketones is 1. The van der Waals surface area contributed by atoms with E-state index < -0.39 is 114 Å². The van der Waals surface area contributed by atoms with Crippen LogP contribution in [0.5, 0.6) is 5.75 Å². The lowest BCUT2D eigenvalue weighted by Crippen LogP contribution is -2.62. The first kappa shape index (κ1) is 59.2. The largest absolute Gasteiger partial charge is 0.493 e. The van der Waals surface area contributed by atoms with Crippen LogP contribution in [0.3, 0.4) is 0 Å². The van der Waals surface area contributed by atoms with Gasteiger partial charge in [-0.05, 0) is 93.1 Å². The minimum atomic E-state index is -1.41. The third kappa shape index (κ3) is 12.7. The zero-order chi connectivity index (χ0) is 52.3. The number of hydrogen-bond donors (Lipinski definition) is 4. The highest BCUT2D eigenvalue weighted by molar-refractivity contribution is 5.85. The predicted octanol–water partition coefficient (Wildman–Crippen LogP) is 5.82. The lowest BCUT2D eigenvalue weighted by molar-refractivity contribution is -0.319. The van der Waals surface area contributed by atoms with Crippen LogP contribution >= 0.6 is 0 Å². The van der Waals surface area contributed by atoms with E-state index in [-0.39, 0.29) is 63.0 Å². The van der Waals surface area contributed by atoms with Gasteiger partial charge in [-0.25, -0.2) is 14.0 Å². The van der Waals surface area contributed by atoms with E-state index >= 15 is 0 Å². The molecule has 0 bridgehead atoms. The molecule has 6 rings (SSSR count). The lowest BCUT2D eigenvalue weighted by atomic mass is 9.73. The average Bonchev–Trinajstić information content (AvgIpc) is 3.64. The van der Waals surface area contributed by atoms with Gasteiger partial charge < -0.3 is 73.3 Å². The molecule has 0 aromatic heterocycles. The van der Waals surface area contributed by atoms with E-state index in [1.54, 1.807) is 47.6 Å². The third-order valence-corrected chi connectivity index (χ3v) is 15.9. The topological polar surface area (TPSA) is 220 Å². The minimum Gasteiger partial charge on any atom is -0.493 e. The number of cyclic esters (lactones) is 1. The number of alkyl carbamates (subject to hydrolysis) is 2. The maximum absolute atomic E-state index is 14.8. The molecular weight excluding hydrogens is 940 g/mol. The molecular formula is C52H85FN4O15. The number of rotatable bonds is 13. The number of halogens is 1. The summed E-state index contributed by atoms with van der Waals surface area (Å²) in [6.45, 7) is 18.9. The van der Waals surface area contributed by atoms with Crippen LogP contribution in [0.15, 0.2) is 18.2 Å². The maximum atomic E-state index is 14.8. The summed E-state index contributed by atoms with van der Waals surface area (Å²) in [6, 6.07) is 3.10. The van der Waals surface area contributed by atoms with Crippen LogP contribution in [0, 0.1) is 29.5 Å². The summed E-state index contributed by atoms with van der Waals surface area (Å²) in [6.07, 6.45) is -8.20. The molecule has 1 aromatic carbocycles. The number of aliphatic hydroxyl groups excluding tert-OH is 1. The third-order valence-electron chi connectivity index (χ3n) is 15.9. The second-order valence-corrected chi connectivity index (χ2v) is 21.3. The summed E-state index contributed by atoms with van der Waals surface area (Å²) in [5.74, 6) is -3.84. The zero-order valence-electron chi connectivity index (χ0n) is 44.1. The number of ether oxygens (including phenoxy) is 10. The molecule has 2 amide bonds. The van der Waals surface area contributed by atoms with Gasteiger partial charge in [0.15, 0.2) is 24.3 Å². The van der Waals surface area contributed by atoms with Crippen molar-refractivity contribution in [3.05, 3.63) is 29.6 Å². The van der Waals surface area contributed by atoms with Crippen LogP contribution in [-0.4, -0.2) is 166 Å². The molecule has 4 saturated heterocycles. The monoisotopic (exact) mass is 1020 g/mol. The molecule has 5 aliphatic heterocycles. The van der Waals surface area contributed by atoms with Crippen molar-refractivity contribution in [3.63, 3.8) is 0 Å². The molecule has 4 N–H and O–H groups in total. The van der Waals surface area contributed by atoms with Crippen molar-refractivity contribution in [2.45, 2.75) is 199 Å². The van der Waals surface area contributed by atoms with Crippen molar-refractivity contribution in [3.8, 4) is 5.75 Å². The number of esters is 1. The molecule has 1 aromatic rings. The van der Waals surface area contributed by atoms with E-state index in [4.69, 9.17) is 47.4 Å². The average molecular weight is 1030 g/mol. The second kappa shape index (κ2) is 24.3. The smallest absolute Gasteiger partial charge is 0.408 e. The molecule has 19 atom stereocenters. The van der Waals surface area contributed by atoms with Crippen LogP contribution < -0.4 is 20.7 Å². The molecule has 5 aliphatic rings. The number of likely N-dealkylation sites (N-methyl/N-ethyl adjacent to an activating group) is 1. The van der Waals surface area contributed by atoms with E-state index in [1.807, 2.05) is 46.7 Å². The fourth-order valence-corrected chi connectivity index (χ4v) is 11.7. The van der Waals surface area contributed by atoms with Gasteiger partial charge in [-0.3, -0.25) is 9.59 Å². The summed E-state index contributed by atoms with van der Waals surface area (Å²) in [5, 5.41) is 20.8. The number of Topliss-reactive ketones (excluding diaryl/α,β-unsaturated/α-hetero) is 1. The number of carbonyl (C=O) groups is 4. The highest BCUT2D eigenvalue weighted by atomic mass is 19.1. The quantitative estimate of drug-likeness (QED) is 0.104. The minimum absolute atomic E-state index is 0. The first-order valence-corrected chi connectivity index (χ1v) is 25.3. The van der Waals surface area contributed by atoms with Crippen molar-refractivity contribution >= 4 is 23.9 Å². The number of fused-ring (bicyclic) bond motifs is 2. The zero-order valence-corrected chi connectivity index (χ0v) is 44.1. The van der Waals surface area contributed by atoms with E-state index in [1.165, 1.54) is 26.4 Å². The molecule has 410 valence electrons. The lowest BCUT2D eigenvalue weighted by Gasteiger charge is -2.50. The first-order valence-electron chi connectivity index (χ1n) is 25.3. The Labute approximate surface area is 425 Å². The number of hydrogen-bond acceptors (Lipinski definition) is 17. The Morgan fingerprint density at radius 1 is 0.944 bits per heavy atom. The Hall–Kier alpha value is -3.73. The summed E-state index contributed by atoms with van der Waals surface area (Å²) in [7, 11) is 6.78. The summed E-state index contributed by atoms with van der Waals surface area (Å²) < 4.78 is 77.3. The normalized spacial score (nSPS) is 40.8. The molecule has 20 heteroatoms. The maximum Gasteiger partial charge on any atom is 0.408 e. The van der Waals surface area contributed by atoms with Crippen LogP contribution in [0.2, 0.25) is 0 Å². The van der Waals surface area contributed by atoms with Crippen molar-refractivity contribution in [2.75, 3.05) is 48.0 Å². The van der Waals surface area contributed by atoms with Gasteiger partial charge in [0, 0.05) is 75.6 Å². The van der Waals surface area contributed by atoms with Crippen LogP contribution in [0.25, 0.3) is 0 Å². The van der Waals surface area contributed by atoms with Crippen molar-refractivity contribution in [2.24, 2.45) is 23.7 Å². The molecule has 0 aliphatic carbocycles. The standard InChI is InChI=1S/C51H81FN4O15.CH4/c1-15-37-51(10)42(55-48(61)71-51)28(4)39(57)26(2)24-49(8,62-13)43(69-46-40(58)35(56(11)12)22-27(3)65-46)29(5)41(30(6)45(59)67-37)68-38-25-50(9,63-14)44(31(7)66-38)70-47(60)54-20-19-53-34-18-21-64-36-17-16-32(52)23-33(34)36;/h16-17,23,26-31,34-35,37-38,40-44,46,53,58H,15,18-22,24-25H2,1-14H3,(H,54,60)(H,55,61);1H4/t26?,27?,28?,29?,30?,31?,34?,35?,37-,38?,40?,41?,42?,43?,44?,46?,49?,50?,51?;/m1./s1. The van der Waals surface area contributed by atoms with Crippen LogP contribution in [0.1, 0.15) is 120 Å². The Bertz CT molecular complexity index is 2020. The van der Waals surface area contributed by atoms with Gasteiger partial charge in [0.25, 0.3) is 0 Å². The summed E-state index contributed by atoms with van der Waals surface area (Å²) in [5.41, 5.74) is -3.15. The Kier molecular flexibility index (Phi) is 20.0. The number of nitrogens with zero attached hydrogens (tertiary/aromatic N) is 1. The van der Waals surface area contributed by atoms with E-state index in [9.17, 15) is 28.7 Å². The Morgan fingerprint density at radius 2 is 1.62 bits per heavy atom. The van der Waals surface area contributed by atoms with Crippen LogP contribution in [0.4, 0.5) is 14.0 Å². The fourth-order valence-electron chi connectivity index (χ4n) is 11.7. The summed E-state index contributed by atoms with van der Waals surface area (Å²) in [4.78, 5) is 57.6. The van der Waals surface area contributed by atoms with Crippen LogP contribution in [-0.2, 0) is 52.2 Å². The number of nitrogens with one attached hydrogen (secondary N) is 3. The van der Waals surface area contributed by atoms with Gasteiger partial charge in [0.2, 0.25) is 0 Å². The molecule has 0 spiro atoms. The SMILES string of the molecule is C.CC[C@H]1OC(=O)C(C)C(OC2CC(C)(OC)C(OC(=O)NCCNC3CCOc4ccc(F)cc43)C(C)O2)C(C)C(OC2OC(C)CC(N(C)C)C2O)C(C)(OC)CC(C)C(=O)C(C)C2NC(=O)OC21C. The number of amides is 2. The second-order valence-electron chi connectivity index (χ2n) is 21.3. The van der Waals surface area contributed by atoms with Crippen molar-refractivity contribution in [1.82, 2.24) is 20.9 Å². The van der Waals surface area contributed by atoms with Crippen molar-refractivity contribution < 1.29 is 76.0 Å². The molecule has 5 heterocycles. The molecule has 18 unspecified atom stereocenters. The molecule has 4 fully saturated rings. The molecule has 0 radical (unpaired) electrons. The highest BCUT2D eigenvalue weighted by Crippen LogP contribution is 2.43. The van der Waals surface area contributed by atoms with Gasteiger partial charge in [-0.2, -0.15) is 0 Å². The predicted molar refractivity (Wildman–Crippen MR) is 262 cm³/mol. The van der Waals surface area contributed by atoms with E-state index in [2.05, 4.69) is 16.0 Å². The number of aliphatic hydroxyl groups is 1. The molecule has 19 nitrogen and oxygen atoms in total. The number of carbonyl (C=O) groups excluding carboxylic acids is 4. The van der Waals surface area contributed by atoms with E-state index in [0.717, 1.165) is 5.56 Å². The highest BCUT2D eigenvalue weighted by Gasteiger charge is 2.58. The van der Waals surface area contributed by atoms with Gasteiger partial charge in [0.1, 0.15) is 35.2 Å². The van der Waals surface area contributed by atoms with Crippen molar-refractivity contribution in [1.29, 1.82) is 0 Å². The van der Waals surface area contributed by atoms with E-state index in [0.29, 0.717) is 31.7 Å². The number of benzene rings is 1. The van der Waals surface area contributed by atoms with Gasteiger partial charge in [-0.15, -0.1) is 0 Å². The van der Waals surface area contributed by atoms with Gasteiger partial charge in [0.05, 0.1) is 48.6 Å². The molecule has 0 saturated carbocycles.